The van der Waals surface area contributed by atoms with Crippen LogP contribution >= 0.6 is 45.3 Å². The summed E-state index contributed by atoms with van der Waals surface area (Å²) in [4.78, 5) is 0. The minimum absolute atomic E-state index is 0.152. The molecule has 0 saturated carbocycles. The summed E-state index contributed by atoms with van der Waals surface area (Å²) in [5.74, 6) is 0. The van der Waals surface area contributed by atoms with Crippen LogP contribution < -0.4 is 0 Å². The van der Waals surface area contributed by atoms with Crippen LogP contribution in [0.1, 0.15) is 49.9 Å². The SMILES string of the molecule is CC1(C)c2cc(-n3c4ccc(-c5ccccc5)cc4c4cc(-c5ccc6sc7ccccc7c6c5)ccc43)ccc2-c2ccc3sc4ccccc4c3c21.CC1(C)c2cc(-n3c4ccc(-c5ccccc5)cc4c4cc(-c5cccc6c5sc5ccccc56)ccc43)ccc2-c2ccc3sc4ccccc4c3c21. The molecular weight excluding hydrogens is 1380 g/mol. The predicted molar refractivity (Wildman–Crippen MR) is 470 cm³/mol. The first kappa shape index (κ1) is 62.2. The summed E-state index contributed by atoms with van der Waals surface area (Å²) in [5.41, 5.74) is 28.1. The van der Waals surface area contributed by atoms with Crippen molar-refractivity contribution in [3.8, 4) is 78.1 Å². The largest absolute Gasteiger partial charge is 0.309 e. The van der Waals surface area contributed by atoms with E-state index < -0.39 is 0 Å². The lowest BCUT2D eigenvalue weighted by Gasteiger charge is -2.23. The number of hydrogen-bond donors (Lipinski definition) is 0. The van der Waals surface area contributed by atoms with Gasteiger partial charge in [-0.25, -0.2) is 0 Å². The van der Waals surface area contributed by atoms with Gasteiger partial charge in [0.2, 0.25) is 0 Å². The molecule has 108 heavy (non-hydrogen) atoms. The van der Waals surface area contributed by atoms with Crippen LogP contribution in [0.3, 0.4) is 0 Å². The summed E-state index contributed by atoms with van der Waals surface area (Å²) in [7, 11) is 0. The van der Waals surface area contributed by atoms with E-state index in [9.17, 15) is 0 Å². The van der Waals surface area contributed by atoms with Crippen LogP contribution in [0.5, 0.6) is 0 Å². The Kier molecular flexibility index (Phi) is 13.4. The van der Waals surface area contributed by atoms with Crippen molar-refractivity contribution in [3.05, 3.63) is 350 Å². The van der Waals surface area contributed by atoms with Crippen molar-refractivity contribution in [2.75, 3.05) is 0 Å². The molecule has 0 unspecified atom stereocenters. The monoisotopic (exact) mass is 1450 g/mol. The van der Waals surface area contributed by atoms with Crippen LogP contribution in [0.2, 0.25) is 0 Å². The number of aromatic nitrogens is 2. The fraction of sp³-hybridized carbons (Fsp3) is 0.0588. The maximum absolute atomic E-state index is 2.50. The molecule has 6 heteroatoms. The Morgan fingerprint density at radius 3 is 1.05 bits per heavy atom. The van der Waals surface area contributed by atoms with Crippen molar-refractivity contribution in [3.63, 3.8) is 0 Å². The van der Waals surface area contributed by atoms with Crippen LogP contribution in [0.25, 0.3) is 202 Å². The summed E-state index contributed by atoms with van der Waals surface area (Å²) in [6, 6.07) is 123. The second-order valence-corrected chi connectivity index (χ2v) is 34.9. The highest BCUT2D eigenvalue weighted by molar-refractivity contribution is 7.27. The summed E-state index contributed by atoms with van der Waals surface area (Å²) in [5, 5.41) is 16.0. The van der Waals surface area contributed by atoms with Gasteiger partial charge in [0.1, 0.15) is 0 Å². The van der Waals surface area contributed by atoms with E-state index in [2.05, 4.69) is 364 Å². The second kappa shape index (κ2) is 23.3. The van der Waals surface area contributed by atoms with Gasteiger partial charge < -0.3 is 9.13 Å². The van der Waals surface area contributed by atoms with E-state index in [1.54, 1.807) is 0 Å². The first-order chi connectivity index (χ1) is 53.0. The lowest BCUT2D eigenvalue weighted by atomic mass is 9.80. The lowest BCUT2D eigenvalue weighted by molar-refractivity contribution is 0.666. The molecule has 2 nitrogen and oxygen atoms in total. The van der Waals surface area contributed by atoms with Gasteiger partial charge in [-0.05, 0) is 210 Å². The fourth-order valence-electron chi connectivity index (χ4n) is 18.9. The summed E-state index contributed by atoms with van der Waals surface area (Å²) >= 11 is 7.59. The van der Waals surface area contributed by atoms with E-state index in [1.165, 1.54) is 225 Å². The molecule has 16 aromatic carbocycles. The highest BCUT2D eigenvalue weighted by Crippen LogP contribution is 2.57. The Morgan fingerprint density at radius 1 is 0.213 bits per heavy atom. The Bertz CT molecular complexity index is 7600. The third-order valence-corrected chi connectivity index (χ3v) is 28.6. The zero-order valence-electron chi connectivity index (χ0n) is 59.7. The number of rotatable bonds is 6. The topological polar surface area (TPSA) is 9.86 Å². The molecular formula is C102H66N2S4. The molecule has 22 aromatic rings. The number of hydrogen-bond acceptors (Lipinski definition) is 4. The van der Waals surface area contributed by atoms with Crippen molar-refractivity contribution in [1.29, 1.82) is 0 Å². The average molecular weight is 1450 g/mol. The van der Waals surface area contributed by atoms with Gasteiger partial charge in [0.15, 0.2) is 0 Å². The molecule has 0 amide bonds. The van der Waals surface area contributed by atoms with E-state index >= 15 is 0 Å². The minimum atomic E-state index is -0.153. The number of thiophene rings is 4. The second-order valence-electron chi connectivity index (χ2n) is 30.5. The highest BCUT2D eigenvalue weighted by Gasteiger charge is 2.40. The molecule has 0 aliphatic heterocycles. The van der Waals surface area contributed by atoms with Gasteiger partial charge in [-0.2, -0.15) is 0 Å². The van der Waals surface area contributed by atoms with Crippen LogP contribution in [-0.2, 0) is 10.8 Å². The maximum Gasteiger partial charge on any atom is 0.0541 e. The zero-order chi connectivity index (χ0) is 71.4. The molecule has 508 valence electrons. The minimum Gasteiger partial charge on any atom is -0.309 e. The maximum atomic E-state index is 2.50. The van der Waals surface area contributed by atoms with Gasteiger partial charge >= 0.3 is 0 Å². The molecule has 24 rings (SSSR count). The molecule has 0 radical (unpaired) electrons. The number of benzene rings is 16. The molecule has 6 heterocycles. The molecule has 0 bridgehead atoms. The fourth-order valence-corrected chi connectivity index (χ4v) is 23.5. The third kappa shape index (κ3) is 9.09. The van der Waals surface area contributed by atoms with Crippen molar-refractivity contribution in [2.45, 2.75) is 38.5 Å². The van der Waals surface area contributed by atoms with Gasteiger partial charge in [0, 0.05) is 124 Å². The van der Waals surface area contributed by atoms with Crippen molar-refractivity contribution in [2.24, 2.45) is 0 Å². The van der Waals surface area contributed by atoms with Crippen LogP contribution in [0.4, 0.5) is 0 Å². The highest BCUT2D eigenvalue weighted by atomic mass is 32.1. The van der Waals surface area contributed by atoms with E-state index in [1.807, 2.05) is 45.3 Å². The van der Waals surface area contributed by atoms with E-state index in [0.29, 0.717) is 0 Å². The van der Waals surface area contributed by atoms with E-state index in [4.69, 9.17) is 0 Å². The van der Waals surface area contributed by atoms with Crippen LogP contribution in [0, 0.1) is 0 Å². The summed E-state index contributed by atoms with van der Waals surface area (Å²) in [6.45, 7) is 9.69. The Hall–Kier alpha value is -12.0. The molecule has 0 saturated heterocycles. The summed E-state index contributed by atoms with van der Waals surface area (Å²) in [6.07, 6.45) is 0. The summed E-state index contributed by atoms with van der Waals surface area (Å²) < 4.78 is 15.8. The Morgan fingerprint density at radius 2 is 0.556 bits per heavy atom. The molecule has 0 spiro atoms. The quantitative estimate of drug-likeness (QED) is 0.157. The average Bonchev–Trinajstić information content (AvgIpc) is 1.55. The Labute approximate surface area is 640 Å². The van der Waals surface area contributed by atoms with Gasteiger partial charge in [-0.1, -0.05) is 234 Å². The van der Waals surface area contributed by atoms with Gasteiger partial charge in [-0.3, -0.25) is 0 Å². The van der Waals surface area contributed by atoms with E-state index in [-0.39, 0.29) is 10.8 Å². The number of fused-ring (bicyclic) bond motifs is 26. The zero-order valence-corrected chi connectivity index (χ0v) is 63.0. The molecule has 6 aromatic heterocycles. The molecule has 0 atom stereocenters. The molecule has 0 fully saturated rings. The third-order valence-electron chi connectivity index (χ3n) is 24.0. The van der Waals surface area contributed by atoms with Gasteiger partial charge in [0.05, 0.1) is 22.1 Å². The van der Waals surface area contributed by atoms with E-state index in [0.717, 1.165) is 0 Å². The van der Waals surface area contributed by atoms with Crippen molar-refractivity contribution >= 4 is 170 Å². The molecule has 2 aliphatic rings. The van der Waals surface area contributed by atoms with Crippen LogP contribution in [0.15, 0.2) is 328 Å². The first-order valence-corrected chi connectivity index (χ1v) is 40.6. The number of nitrogens with zero attached hydrogens (tertiary/aromatic N) is 2. The van der Waals surface area contributed by atoms with Crippen molar-refractivity contribution < 1.29 is 0 Å². The van der Waals surface area contributed by atoms with Gasteiger partial charge in [-0.15, -0.1) is 45.3 Å². The molecule has 0 N–H and O–H groups in total. The molecule has 2 aliphatic carbocycles. The normalized spacial score (nSPS) is 13.5. The first-order valence-electron chi connectivity index (χ1n) is 37.3. The van der Waals surface area contributed by atoms with Crippen molar-refractivity contribution in [1.82, 2.24) is 9.13 Å². The van der Waals surface area contributed by atoms with Gasteiger partial charge in [0.25, 0.3) is 0 Å². The predicted octanol–water partition coefficient (Wildman–Crippen LogP) is 30.3. The van der Waals surface area contributed by atoms with Crippen LogP contribution in [-0.4, -0.2) is 9.13 Å². The Balaban J connectivity index is 0.000000130. The standard InChI is InChI=1S/2C51H33NS2/c1-51(2)42-29-33(21-22-35(42)37-23-26-47-48(49(37)51)39-14-7-9-18-46(39)53-47)52-43-24-19-31(30-11-4-3-5-12-30)27-40(43)41-28-32(20-25-44(41)52)34-15-10-16-38-36-13-6-8-17-45(36)54-50(34)38;1-51(2)42-29-34(19-20-35(42)37-21-25-48-49(50(37)51)38-13-7-9-15-46(38)54-48)52-43-22-16-31(30-10-4-3-5-11-30)26-39(43)40-27-32(17-23-44(40)52)33-18-24-47-41(28-33)36-12-6-8-14-45(36)53-47/h2*3-29H,1-2H3. The smallest absolute Gasteiger partial charge is 0.0541 e. The lowest BCUT2D eigenvalue weighted by Crippen LogP contribution is -2.15.